The molecule has 0 bridgehead atoms. The number of alkyl halides is 3. The topological polar surface area (TPSA) is 74.9 Å². The summed E-state index contributed by atoms with van der Waals surface area (Å²) in [5.74, 6) is -0.450. The Morgan fingerprint density at radius 3 is 2.67 bits per heavy atom. The second-order valence-electron chi connectivity index (χ2n) is 11.0. The fourth-order valence-electron chi connectivity index (χ4n) is 5.04. The third-order valence-electron chi connectivity index (χ3n) is 6.98. The molecule has 214 valence electrons. The molecule has 2 aliphatic rings. The maximum absolute atomic E-state index is 13.6. The predicted octanol–water partition coefficient (Wildman–Crippen LogP) is 3.90. The number of aromatic nitrogens is 1. The van der Waals surface area contributed by atoms with Crippen molar-refractivity contribution in [1.29, 1.82) is 0 Å². The number of carbonyl (C=O) groups excluding carboxylic acids is 1. The van der Waals surface area contributed by atoms with Crippen LogP contribution < -0.4 is 10.6 Å². The molecule has 3 atom stereocenters. The molecule has 0 radical (unpaired) electrons. The van der Waals surface area contributed by atoms with Gasteiger partial charge < -0.3 is 15.4 Å². The van der Waals surface area contributed by atoms with E-state index in [1.165, 1.54) is 17.0 Å². The fraction of sp³-hybridized carbons (Fsp3) is 0.556. The first-order valence-corrected chi connectivity index (χ1v) is 14.2. The number of hydrogen-bond acceptors (Lipinski definition) is 6. The van der Waals surface area contributed by atoms with Gasteiger partial charge in [0.15, 0.2) is 0 Å². The monoisotopic (exact) mass is 569 g/mol. The van der Waals surface area contributed by atoms with E-state index in [1.54, 1.807) is 23.2 Å². The number of anilines is 1. The molecule has 0 saturated carbocycles. The molecule has 12 heteroatoms. The Bertz CT molecular complexity index is 1150. The average molecular weight is 570 g/mol. The van der Waals surface area contributed by atoms with E-state index >= 15 is 0 Å². The molecule has 1 fully saturated rings. The summed E-state index contributed by atoms with van der Waals surface area (Å²) < 4.78 is 60.8. The van der Waals surface area contributed by atoms with Crippen LogP contribution in [-0.4, -0.2) is 84.4 Å². The minimum absolute atomic E-state index is 0.0327. The number of ether oxygens (including phenoxy) is 1. The van der Waals surface area contributed by atoms with Gasteiger partial charge in [0.2, 0.25) is 5.91 Å². The number of amides is 1. The van der Waals surface area contributed by atoms with Gasteiger partial charge in [-0.2, -0.15) is 13.2 Å². The number of hydrogen-bond donors (Lipinski definition) is 1. The number of nitrogens with two attached hydrogens (primary N) is 1. The van der Waals surface area contributed by atoms with Crippen molar-refractivity contribution in [3.63, 3.8) is 0 Å². The van der Waals surface area contributed by atoms with Gasteiger partial charge in [-0.3, -0.25) is 19.3 Å². The minimum Gasteiger partial charge on any atom is -0.378 e. The first kappa shape index (κ1) is 29.8. The zero-order chi connectivity index (χ0) is 28.4. The average Bonchev–Trinajstić information content (AvgIpc) is 3.13. The molecule has 4 rings (SSSR count). The van der Waals surface area contributed by atoms with Crippen LogP contribution in [0.1, 0.15) is 37.6 Å². The molecule has 1 amide bonds. The van der Waals surface area contributed by atoms with Gasteiger partial charge in [0.05, 0.1) is 31.1 Å². The molecule has 1 aromatic carbocycles. The molecule has 2 N–H and O–H groups in total. The highest BCUT2D eigenvalue weighted by molar-refractivity contribution is 7.35. The largest absolute Gasteiger partial charge is 0.406 e. The normalized spacial score (nSPS) is 20.6. The highest BCUT2D eigenvalue weighted by Gasteiger charge is 2.45. The van der Waals surface area contributed by atoms with E-state index in [2.05, 4.69) is 4.98 Å². The Hall–Kier alpha value is -2.17. The van der Waals surface area contributed by atoms with Gasteiger partial charge in [0.1, 0.15) is 11.9 Å². The van der Waals surface area contributed by atoms with Crippen molar-refractivity contribution in [3.05, 3.63) is 59.2 Å². The van der Waals surface area contributed by atoms with Crippen molar-refractivity contribution in [2.24, 2.45) is 5.73 Å². The van der Waals surface area contributed by atoms with Crippen LogP contribution in [0, 0.1) is 5.82 Å². The molecule has 0 spiro atoms. The molecule has 1 aromatic heterocycles. The van der Waals surface area contributed by atoms with Crippen LogP contribution in [0.2, 0.25) is 0 Å². The molecule has 39 heavy (non-hydrogen) atoms. The Balaban J connectivity index is 1.48. The van der Waals surface area contributed by atoms with Crippen LogP contribution in [0.3, 0.4) is 0 Å². The summed E-state index contributed by atoms with van der Waals surface area (Å²) in [6.07, 6.45) is -1.86. The third-order valence-corrected chi connectivity index (χ3v) is 8.32. The van der Waals surface area contributed by atoms with Crippen molar-refractivity contribution in [3.8, 4) is 0 Å². The van der Waals surface area contributed by atoms with Crippen molar-refractivity contribution < 1.29 is 27.1 Å². The Morgan fingerprint density at radius 2 is 2.00 bits per heavy atom. The number of benzene rings is 1. The zero-order valence-corrected chi connectivity index (χ0v) is 23.5. The molecule has 2 unspecified atom stereocenters. The standard InChI is InChI=1S/C27H36F4N5O2P/c1-18(32)13-35(39-17-34-8-9-38-15-23(34)27(29,30)31)14-24(37)36-16-26(2,3)25-22(36)11-20(12-33-25)10-19-4-6-21(28)7-5-19/h4-7,11-12,18,23,39H,8-10,13-17,32H2,1-3H3/t18-,23?/m1/s1. The molecule has 0 aliphatic carbocycles. The minimum atomic E-state index is -4.38. The number of pyridine rings is 1. The molecule has 2 aliphatic heterocycles. The summed E-state index contributed by atoms with van der Waals surface area (Å²) in [7, 11) is -0.0327. The summed E-state index contributed by atoms with van der Waals surface area (Å²) in [5, 5.41) is 0. The molecular formula is C27H36F4N5O2P. The van der Waals surface area contributed by atoms with Gasteiger partial charge in [0.25, 0.3) is 0 Å². The van der Waals surface area contributed by atoms with Crippen molar-refractivity contribution in [2.75, 3.05) is 50.6 Å². The summed E-state index contributed by atoms with van der Waals surface area (Å²) >= 11 is 0. The number of halogens is 4. The van der Waals surface area contributed by atoms with Gasteiger partial charge in [-0.1, -0.05) is 26.0 Å². The van der Waals surface area contributed by atoms with E-state index in [-0.39, 0.29) is 64.5 Å². The first-order valence-electron chi connectivity index (χ1n) is 13.0. The van der Waals surface area contributed by atoms with Gasteiger partial charge in [-0.05, 0) is 51.4 Å². The maximum Gasteiger partial charge on any atom is 0.406 e. The van der Waals surface area contributed by atoms with Crippen LogP contribution >= 0.6 is 8.73 Å². The second-order valence-corrected chi connectivity index (χ2v) is 12.3. The van der Waals surface area contributed by atoms with E-state index < -0.39 is 12.2 Å². The Kier molecular flexibility index (Phi) is 9.28. The highest BCUT2D eigenvalue weighted by atomic mass is 31.1. The van der Waals surface area contributed by atoms with E-state index in [9.17, 15) is 22.4 Å². The fourth-order valence-corrected chi connectivity index (χ4v) is 6.46. The smallest absolute Gasteiger partial charge is 0.378 e. The summed E-state index contributed by atoms with van der Waals surface area (Å²) in [6.45, 7) is 6.80. The SMILES string of the molecule is C[C@@H](N)CN(CC(=O)N1CC(C)(C)c2ncc(Cc3ccc(F)cc3)cc21)PCN1CCOCC1C(F)(F)F. The van der Waals surface area contributed by atoms with Crippen molar-refractivity contribution in [1.82, 2.24) is 14.6 Å². The lowest BCUT2D eigenvalue weighted by atomic mass is 9.91. The number of morpholine rings is 1. The van der Waals surface area contributed by atoms with E-state index in [4.69, 9.17) is 10.5 Å². The van der Waals surface area contributed by atoms with E-state index in [0.717, 1.165) is 22.5 Å². The Labute approximate surface area is 228 Å². The van der Waals surface area contributed by atoms with Crippen molar-refractivity contribution >= 4 is 20.3 Å². The van der Waals surface area contributed by atoms with Crippen LogP contribution in [0.5, 0.6) is 0 Å². The van der Waals surface area contributed by atoms with Gasteiger partial charge in [0, 0.05) is 43.6 Å². The van der Waals surface area contributed by atoms with Gasteiger partial charge in [-0.25, -0.2) is 4.39 Å². The molecular weight excluding hydrogens is 533 g/mol. The van der Waals surface area contributed by atoms with Crippen LogP contribution in [0.4, 0.5) is 23.2 Å². The first-order chi connectivity index (χ1) is 18.3. The lowest BCUT2D eigenvalue weighted by Crippen LogP contribution is -2.53. The quantitative estimate of drug-likeness (QED) is 0.365. The summed E-state index contributed by atoms with van der Waals surface area (Å²) in [6, 6.07) is 6.33. The maximum atomic E-state index is 13.6. The van der Waals surface area contributed by atoms with Crippen LogP contribution in [0.15, 0.2) is 36.5 Å². The third kappa shape index (κ3) is 7.52. The Morgan fingerprint density at radius 1 is 1.28 bits per heavy atom. The predicted molar refractivity (Wildman–Crippen MR) is 145 cm³/mol. The number of nitrogens with zero attached hydrogens (tertiary/aromatic N) is 4. The summed E-state index contributed by atoms with van der Waals surface area (Å²) in [4.78, 5) is 21.4. The lowest BCUT2D eigenvalue weighted by molar-refractivity contribution is -0.208. The van der Waals surface area contributed by atoms with Crippen LogP contribution in [-0.2, 0) is 21.4 Å². The number of rotatable bonds is 9. The highest BCUT2D eigenvalue weighted by Crippen LogP contribution is 2.40. The van der Waals surface area contributed by atoms with Gasteiger partial charge in [-0.15, -0.1) is 0 Å². The summed E-state index contributed by atoms with van der Waals surface area (Å²) in [5.41, 5.74) is 9.06. The van der Waals surface area contributed by atoms with Crippen molar-refractivity contribution in [2.45, 2.75) is 50.9 Å². The second kappa shape index (κ2) is 12.1. The van der Waals surface area contributed by atoms with E-state index in [0.29, 0.717) is 19.5 Å². The van der Waals surface area contributed by atoms with E-state index in [1.807, 2.05) is 31.5 Å². The molecule has 1 saturated heterocycles. The van der Waals surface area contributed by atoms with Gasteiger partial charge >= 0.3 is 6.18 Å². The zero-order valence-electron chi connectivity index (χ0n) is 22.5. The molecule has 3 heterocycles. The lowest BCUT2D eigenvalue weighted by Gasteiger charge is -2.37. The number of fused-ring (bicyclic) bond motifs is 1. The van der Waals surface area contributed by atoms with Crippen LogP contribution in [0.25, 0.3) is 0 Å². The molecule has 2 aromatic rings. The molecule has 7 nitrogen and oxygen atoms in total. The number of carbonyl (C=O) groups is 1.